The summed E-state index contributed by atoms with van der Waals surface area (Å²) in [6.07, 6.45) is 1.39. The van der Waals surface area contributed by atoms with Gasteiger partial charge >= 0.3 is 11.9 Å². The van der Waals surface area contributed by atoms with Gasteiger partial charge in [0.05, 0.1) is 42.3 Å². The first-order valence-corrected chi connectivity index (χ1v) is 19.8. The summed E-state index contributed by atoms with van der Waals surface area (Å²) < 4.78 is 34.0. The van der Waals surface area contributed by atoms with Crippen LogP contribution in [0.3, 0.4) is 0 Å². The van der Waals surface area contributed by atoms with Crippen molar-refractivity contribution >= 4 is 19.8 Å². The topological polar surface area (TPSA) is 152 Å². The van der Waals surface area contributed by atoms with Crippen molar-refractivity contribution in [3.8, 4) is 23.0 Å². The molecule has 0 fully saturated rings. The van der Waals surface area contributed by atoms with Crippen molar-refractivity contribution in [2.45, 2.75) is 50.7 Å². The molecule has 0 radical (unpaired) electrons. The zero-order chi connectivity index (χ0) is 40.6. The van der Waals surface area contributed by atoms with Crippen LogP contribution in [0.15, 0.2) is 97.1 Å². The lowest BCUT2D eigenvalue weighted by molar-refractivity contribution is -0.873. The number of nitrogens with zero attached hydrogens (tertiary/aromatic N) is 2. The predicted molar refractivity (Wildman–Crippen MR) is 208 cm³/mol. The van der Waals surface area contributed by atoms with Crippen LogP contribution in [0.4, 0.5) is 0 Å². The first-order chi connectivity index (χ1) is 25.8. The number of esters is 2. The number of ether oxygens (including phenoxy) is 4. The smallest absolute Gasteiger partial charge is 0.318 e. The minimum absolute atomic E-state index is 0. The molecule has 2 heterocycles. The summed E-state index contributed by atoms with van der Waals surface area (Å²) in [5, 5.41) is 0. The Hall–Kier alpha value is -4.26. The van der Waals surface area contributed by atoms with Gasteiger partial charge in [0, 0.05) is 22.3 Å². The van der Waals surface area contributed by atoms with Gasteiger partial charge in [-0.2, -0.15) is 0 Å². The highest BCUT2D eigenvalue weighted by Gasteiger charge is 2.37. The maximum absolute atomic E-state index is 13.1. The molecule has 2 unspecified atom stereocenters. The first kappa shape index (κ1) is 46.1. The molecule has 6 rings (SSSR count). The molecule has 4 aromatic carbocycles. The lowest BCUT2D eigenvalue weighted by Gasteiger charge is -2.31. The second-order valence-electron chi connectivity index (χ2n) is 15.6. The Morgan fingerprint density at radius 3 is 1.05 bits per heavy atom. The van der Waals surface area contributed by atoms with Crippen molar-refractivity contribution < 1.29 is 69.2 Å². The Morgan fingerprint density at radius 1 is 0.607 bits per heavy atom. The van der Waals surface area contributed by atoms with Crippen molar-refractivity contribution in [1.29, 1.82) is 0 Å². The van der Waals surface area contributed by atoms with Gasteiger partial charge in [-0.05, 0) is 37.1 Å². The van der Waals surface area contributed by atoms with Gasteiger partial charge in [0.15, 0.2) is 12.2 Å². The van der Waals surface area contributed by atoms with E-state index in [4.69, 9.17) is 38.2 Å². The molecule has 0 aromatic heterocycles. The molecular weight excluding hydrogens is 759 g/mol. The normalized spacial score (nSPS) is 14.3. The van der Waals surface area contributed by atoms with Crippen molar-refractivity contribution in [3.05, 3.63) is 119 Å². The average molecular weight is 813 g/mol. The third kappa shape index (κ3) is 13.4. The van der Waals surface area contributed by atoms with Crippen LogP contribution >= 0.6 is 7.82 Å². The maximum Gasteiger partial charge on any atom is 0.318 e. The molecule has 2 aliphatic rings. The second kappa shape index (κ2) is 19.7. The second-order valence-corrected chi connectivity index (χ2v) is 16.6. The number of likely N-dealkylation sites (N-methyl/N-ethyl adjacent to an activating group) is 2. The van der Waals surface area contributed by atoms with Gasteiger partial charge in [-0.25, -0.2) is 0 Å². The molecule has 2 N–H and O–H groups in total. The lowest BCUT2D eigenvalue weighted by Crippen LogP contribution is -3.00. The molecule has 0 spiro atoms. The molecule has 0 saturated heterocycles. The van der Waals surface area contributed by atoms with Crippen molar-refractivity contribution in [1.82, 2.24) is 0 Å². The largest absolute Gasteiger partial charge is 1.00 e. The number of halogens is 1. The number of fused-ring (bicyclic) bond motifs is 4. The number of benzene rings is 4. The van der Waals surface area contributed by atoms with Crippen molar-refractivity contribution in [3.63, 3.8) is 0 Å². The highest BCUT2D eigenvalue weighted by atomic mass is 35.5. The summed E-state index contributed by atoms with van der Waals surface area (Å²) in [7, 11) is 7.75. The van der Waals surface area contributed by atoms with Crippen molar-refractivity contribution in [2.24, 2.45) is 0 Å². The summed E-state index contributed by atoms with van der Waals surface area (Å²) in [4.78, 5) is 49.1. The van der Waals surface area contributed by atoms with E-state index in [-0.39, 0.29) is 36.6 Å². The fraction of sp³-hybridized carbons (Fsp3) is 0.381. The van der Waals surface area contributed by atoms with Gasteiger partial charge in [0.2, 0.25) is 0 Å². The van der Waals surface area contributed by atoms with Gasteiger partial charge in [0.25, 0.3) is 7.82 Å². The highest BCUT2D eigenvalue weighted by Crippen LogP contribution is 2.46. The number of quaternary nitrogens is 2. The highest BCUT2D eigenvalue weighted by molar-refractivity contribution is 7.43. The van der Waals surface area contributed by atoms with Crippen LogP contribution in [0, 0.1) is 0 Å². The van der Waals surface area contributed by atoms with Gasteiger partial charge in [-0.15, -0.1) is 0 Å². The number of hydrogen-bond donors (Lipinski definition) is 2. The van der Waals surface area contributed by atoms with E-state index in [9.17, 15) is 9.59 Å². The molecule has 14 heteroatoms. The van der Waals surface area contributed by atoms with Gasteiger partial charge in [-0.3, -0.25) is 14.2 Å². The predicted octanol–water partition coefficient (Wildman–Crippen LogP) is 3.35. The van der Waals surface area contributed by atoms with Crippen LogP contribution < -0.4 is 26.8 Å². The van der Waals surface area contributed by atoms with E-state index in [2.05, 4.69) is 56.1 Å². The standard InChI is InChI=1S/2C21H26NO3.ClH.H3O4P/c2*1-5-15(14-22(2,3)4)24-21(23)20-16-10-6-8-12-18(16)25-19-13-9-7-11-17(19)20;;1-5(2,3)4/h2*6-13,15,20H,5,14H2,1-4H3;1H;(H3,1,2,3,4)/q2*+1;;/p-2. The van der Waals surface area contributed by atoms with Crippen LogP contribution in [0.5, 0.6) is 23.0 Å². The van der Waals surface area contributed by atoms with Crippen LogP contribution in [0.25, 0.3) is 0 Å². The summed E-state index contributed by atoms with van der Waals surface area (Å²) in [6, 6.07) is 30.8. The van der Waals surface area contributed by atoms with Gasteiger partial charge < -0.3 is 55.0 Å². The molecule has 304 valence electrons. The summed E-state index contributed by atoms with van der Waals surface area (Å²) in [6.45, 7) is 5.68. The van der Waals surface area contributed by atoms with E-state index >= 15 is 0 Å². The maximum atomic E-state index is 13.1. The third-order valence-electron chi connectivity index (χ3n) is 8.81. The minimum Gasteiger partial charge on any atom is -1.00 e. The van der Waals surface area contributed by atoms with Gasteiger partial charge in [0.1, 0.15) is 47.9 Å². The molecule has 2 atom stereocenters. The quantitative estimate of drug-likeness (QED) is 0.139. The Labute approximate surface area is 336 Å². The third-order valence-corrected chi connectivity index (χ3v) is 8.81. The molecule has 4 aromatic rings. The van der Waals surface area contributed by atoms with E-state index in [1.807, 2.05) is 97.1 Å². The molecule has 12 nitrogen and oxygen atoms in total. The lowest BCUT2D eigenvalue weighted by atomic mass is 9.88. The monoisotopic (exact) mass is 812 g/mol. The Bertz CT molecular complexity index is 1740. The van der Waals surface area contributed by atoms with E-state index in [0.29, 0.717) is 0 Å². The van der Waals surface area contributed by atoms with Gasteiger partial charge in [-0.1, -0.05) is 86.6 Å². The average Bonchev–Trinajstić information content (AvgIpc) is 3.10. The van der Waals surface area contributed by atoms with Crippen molar-refractivity contribution in [2.75, 3.05) is 55.4 Å². The first-order valence-electron chi connectivity index (χ1n) is 18.3. The Balaban J connectivity index is 0.000000264. The zero-order valence-electron chi connectivity index (χ0n) is 33.3. The number of carbonyl (C=O) groups excluding carboxylic acids is 2. The van der Waals surface area contributed by atoms with E-state index < -0.39 is 19.7 Å². The number of hydrogen-bond acceptors (Lipinski definition) is 8. The number of carbonyl (C=O) groups is 2. The molecular formula is C42H54ClN2O10P. The molecule has 56 heavy (non-hydrogen) atoms. The number of para-hydroxylation sites is 4. The van der Waals surface area contributed by atoms with Crippen LogP contribution in [0.2, 0.25) is 0 Å². The van der Waals surface area contributed by atoms with E-state index in [1.54, 1.807) is 0 Å². The Morgan fingerprint density at radius 2 is 0.839 bits per heavy atom. The summed E-state index contributed by atoms with van der Waals surface area (Å²) >= 11 is 0. The molecule has 0 aliphatic carbocycles. The fourth-order valence-corrected chi connectivity index (χ4v) is 6.51. The molecule has 0 bridgehead atoms. The molecule has 2 aliphatic heterocycles. The van der Waals surface area contributed by atoms with Crippen LogP contribution in [-0.4, -0.2) is 98.3 Å². The fourth-order valence-electron chi connectivity index (χ4n) is 6.51. The number of phosphoric acid groups is 1. The van der Waals surface area contributed by atoms with Crippen LogP contribution in [0.1, 0.15) is 60.8 Å². The van der Waals surface area contributed by atoms with E-state index in [0.717, 1.165) is 80.1 Å². The van der Waals surface area contributed by atoms with E-state index in [1.165, 1.54) is 0 Å². The summed E-state index contributed by atoms with van der Waals surface area (Å²) in [5.74, 6) is 1.61. The minimum atomic E-state index is -4.89. The Kier molecular flexibility index (Phi) is 16.3. The molecule has 0 amide bonds. The van der Waals surface area contributed by atoms with Crippen LogP contribution in [-0.2, 0) is 23.6 Å². The number of rotatable bonds is 10. The zero-order valence-corrected chi connectivity index (χ0v) is 34.9. The molecule has 0 saturated carbocycles. The SMILES string of the molecule is CCC(C[N+](C)(C)C)OC(=O)C1c2ccccc2Oc2ccccc21.CCC(C[N+](C)(C)C)OC(=O)C1c2ccccc2Oc2ccccc21.O=P([O-])(O)O.[Cl-]. The summed E-state index contributed by atoms with van der Waals surface area (Å²) in [5.41, 5.74) is 3.47.